The molecular weight excluding hydrogens is 434 g/mol. The Morgan fingerprint density at radius 1 is 1.09 bits per heavy atom. The standard InChI is InChI=1S/C23H27N9O2/c1-2-30-11-13-31(14-12-30)20(33)17-7-5-16(6-8-17)9-10-25-22-27-21(24)32-23(28-22)26-19(29-32)18-4-3-15-34-18/h3-8,15H,2,9-14H2,1H3,(H3,24,25,26,27,28,29). The highest BCUT2D eigenvalue weighted by molar-refractivity contribution is 5.94. The van der Waals surface area contributed by atoms with Crippen LogP contribution in [0.1, 0.15) is 22.8 Å². The molecule has 1 aliphatic rings. The van der Waals surface area contributed by atoms with Crippen molar-refractivity contribution in [1.82, 2.24) is 34.4 Å². The lowest BCUT2D eigenvalue weighted by Gasteiger charge is -2.34. The molecule has 0 aliphatic carbocycles. The highest BCUT2D eigenvalue weighted by atomic mass is 16.3. The van der Waals surface area contributed by atoms with Gasteiger partial charge < -0.3 is 25.3 Å². The minimum absolute atomic E-state index is 0.0971. The highest BCUT2D eigenvalue weighted by Crippen LogP contribution is 2.18. The molecule has 4 aromatic rings. The first-order valence-electron chi connectivity index (χ1n) is 11.4. The predicted molar refractivity (Wildman–Crippen MR) is 127 cm³/mol. The summed E-state index contributed by atoms with van der Waals surface area (Å²) in [7, 11) is 0. The first kappa shape index (κ1) is 21.8. The van der Waals surface area contributed by atoms with Gasteiger partial charge in [0.15, 0.2) is 5.76 Å². The fourth-order valence-corrected chi connectivity index (χ4v) is 3.98. The van der Waals surface area contributed by atoms with E-state index in [2.05, 4.69) is 37.2 Å². The number of rotatable bonds is 7. The van der Waals surface area contributed by atoms with E-state index >= 15 is 0 Å². The number of piperazine rings is 1. The summed E-state index contributed by atoms with van der Waals surface area (Å²) in [4.78, 5) is 30.1. The van der Waals surface area contributed by atoms with E-state index in [9.17, 15) is 4.79 Å². The first-order valence-corrected chi connectivity index (χ1v) is 11.4. The number of benzene rings is 1. The van der Waals surface area contributed by atoms with Crippen LogP contribution < -0.4 is 11.1 Å². The Morgan fingerprint density at radius 3 is 2.59 bits per heavy atom. The summed E-state index contributed by atoms with van der Waals surface area (Å²) in [6.45, 7) is 7.20. The van der Waals surface area contributed by atoms with Crippen LogP contribution in [0.4, 0.5) is 11.9 Å². The third kappa shape index (κ3) is 4.55. The summed E-state index contributed by atoms with van der Waals surface area (Å²) in [5.74, 6) is 1.92. The number of likely N-dealkylation sites (N-methyl/N-ethyl adjacent to an activating group) is 1. The smallest absolute Gasteiger partial charge is 0.259 e. The molecule has 1 fully saturated rings. The van der Waals surface area contributed by atoms with Crippen molar-refractivity contribution in [3.8, 4) is 11.6 Å². The average molecular weight is 462 g/mol. The zero-order chi connectivity index (χ0) is 23.5. The second-order valence-corrected chi connectivity index (χ2v) is 8.13. The molecule has 3 N–H and O–H groups in total. The number of carbonyl (C=O) groups is 1. The lowest BCUT2D eigenvalue weighted by molar-refractivity contribution is 0.0643. The van der Waals surface area contributed by atoms with Crippen LogP contribution in [0.3, 0.4) is 0 Å². The van der Waals surface area contributed by atoms with Gasteiger partial charge in [-0.05, 0) is 42.8 Å². The van der Waals surface area contributed by atoms with Crippen LogP contribution in [0.2, 0.25) is 0 Å². The molecular formula is C23H27N9O2. The quantitative estimate of drug-likeness (QED) is 0.423. The minimum atomic E-state index is 0.0971. The van der Waals surface area contributed by atoms with Gasteiger partial charge in [0.2, 0.25) is 17.7 Å². The van der Waals surface area contributed by atoms with E-state index in [4.69, 9.17) is 10.2 Å². The number of hydrogen-bond donors (Lipinski definition) is 2. The Hall–Kier alpha value is -3.99. The van der Waals surface area contributed by atoms with Gasteiger partial charge in [-0.2, -0.15) is 19.5 Å². The van der Waals surface area contributed by atoms with Crippen molar-refractivity contribution in [3.63, 3.8) is 0 Å². The van der Waals surface area contributed by atoms with Gasteiger partial charge in [-0.3, -0.25) is 4.79 Å². The van der Waals surface area contributed by atoms with Gasteiger partial charge in [0.1, 0.15) is 0 Å². The van der Waals surface area contributed by atoms with Crippen molar-refractivity contribution in [2.24, 2.45) is 0 Å². The molecule has 4 heterocycles. The Balaban J connectivity index is 1.18. The molecule has 0 spiro atoms. The molecule has 1 amide bonds. The van der Waals surface area contributed by atoms with E-state index in [1.54, 1.807) is 18.4 Å². The van der Waals surface area contributed by atoms with Crippen LogP contribution in [0.5, 0.6) is 0 Å². The number of anilines is 2. The van der Waals surface area contributed by atoms with Gasteiger partial charge in [-0.1, -0.05) is 19.1 Å². The average Bonchev–Trinajstić information content (AvgIpc) is 3.55. The second-order valence-electron chi connectivity index (χ2n) is 8.13. The summed E-state index contributed by atoms with van der Waals surface area (Å²) in [5.41, 5.74) is 7.86. The number of fused-ring (bicyclic) bond motifs is 1. The largest absolute Gasteiger partial charge is 0.461 e. The molecule has 3 aromatic heterocycles. The lowest BCUT2D eigenvalue weighted by Crippen LogP contribution is -2.48. The third-order valence-corrected chi connectivity index (χ3v) is 5.98. The maximum Gasteiger partial charge on any atom is 0.259 e. The van der Waals surface area contributed by atoms with Crippen LogP contribution in [-0.2, 0) is 6.42 Å². The Labute approximate surface area is 196 Å². The van der Waals surface area contributed by atoms with Crippen LogP contribution in [0, 0.1) is 0 Å². The number of furan rings is 1. The highest BCUT2D eigenvalue weighted by Gasteiger charge is 2.21. The van der Waals surface area contributed by atoms with E-state index in [0.717, 1.165) is 50.3 Å². The maximum absolute atomic E-state index is 12.8. The first-order chi connectivity index (χ1) is 16.6. The summed E-state index contributed by atoms with van der Waals surface area (Å²) < 4.78 is 6.71. The zero-order valence-electron chi connectivity index (χ0n) is 19.0. The molecule has 11 heteroatoms. The van der Waals surface area contributed by atoms with Gasteiger partial charge in [-0.25, -0.2) is 0 Å². The number of nitrogens with one attached hydrogen (secondary N) is 1. The van der Waals surface area contributed by atoms with Crippen molar-refractivity contribution in [3.05, 3.63) is 53.8 Å². The zero-order valence-corrected chi connectivity index (χ0v) is 19.0. The molecule has 0 unspecified atom stereocenters. The minimum Gasteiger partial charge on any atom is -0.461 e. The number of amides is 1. The number of carbonyl (C=O) groups excluding carboxylic acids is 1. The molecule has 0 saturated carbocycles. The number of nitrogens with two attached hydrogens (primary N) is 1. The summed E-state index contributed by atoms with van der Waals surface area (Å²) in [6, 6.07) is 11.3. The van der Waals surface area contributed by atoms with Crippen molar-refractivity contribution >= 4 is 23.6 Å². The summed E-state index contributed by atoms with van der Waals surface area (Å²) >= 11 is 0. The van der Waals surface area contributed by atoms with Crippen molar-refractivity contribution < 1.29 is 9.21 Å². The molecule has 5 rings (SSSR count). The molecule has 34 heavy (non-hydrogen) atoms. The van der Waals surface area contributed by atoms with Gasteiger partial charge in [0.25, 0.3) is 11.7 Å². The molecule has 1 aliphatic heterocycles. The topological polar surface area (TPSA) is 131 Å². The van der Waals surface area contributed by atoms with Gasteiger partial charge >= 0.3 is 0 Å². The Kier molecular flexibility index (Phi) is 6.09. The van der Waals surface area contributed by atoms with Crippen LogP contribution >= 0.6 is 0 Å². The predicted octanol–water partition coefficient (Wildman–Crippen LogP) is 1.79. The van der Waals surface area contributed by atoms with Crippen LogP contribution in [0.15, 0.2) is 47.1 Å². The third-order valence-electron chi connectivity index (χ3n) is 5.98. The number of nitrogen functional groups attached to an aromatic ring is 1. The fraction of sp³-hybridized carbons (Fsp3) is 0.348. The Bertz CT molecular complexity index is 1260. The lowest BCUT2D eigenvalue weighted by atomic mass is 10.1. The van der Waals surface area contributed by atoms with Crippen LogP contribution in [0.25, 0.3) is 17.4 Å². The van der Waals surface area contributed by atoms with Gasteiger partial charge in [0.05, 0.1) is 6.26 Å². The molecule has 1 aromatic carbocycles. The molecule has 11 nitrogen and oxygen atoms in total. The van der Waals surface area contributed by atoms with E-state index in [1.165, 1.54) is 4.52 Å². The van der Waals surface area contributed by atoms with Gasteiger partial charge in [-0.15, -0.1) is 5.10 Å². The SMILES string of the molecule is CCN1CCN(C(=O)c2ccc(CCNc3nc(N)n4nc(-c5ccco5)nc4n3)cc2)CC1. The maximum atomic E-state index is 12.8. The molecule has 0 atom stereocenters. The Morgan fingerprint density at radius 2 is 1.88 bits per heavy atom. The van der Waals surface area contributed by atoms with E-state index in [1.807, 2.05) is 29.2 Å². The van der Waals surface area contributed by atoms with E-state index in [0.29, 0.717) is 29.9 Å². The van der Waals surface area contributed by atoms with E-state index < -0.39 is 0 Å². The molecule has 0 bridgehead atoms. The van der Waals surface area contributed by atoms with Crippen molar-refractivity contribution in [1.29, 1.82) is 0 Å². The molecule has 0 radical (unpaired) electrons. The molecule has 176 valence electrons. The second kappa shape index (κ2) is 9.48. The summed E-state index contributed by atoms with van der Waals surface area (Å²) in [5, 5.41) is 7.47. The van der Waals surface area contributed by atoms with Gasteiger partial charge in [0, 0.05) is 38.3 Å². The van der Waals surface area contributed by atoms with E-state index in [-0.39, 0.29) is 11.9 Å². The van der Waals surface area contributed by atoms with Crippen molar-refractivity contribution in [2.45, 2.75) is 13.3 Å². The normalized spacial score (nSPS) is 14.6. The molecule has 1 saturated heterocycles. The number of hydrogen-bond acceptors (Lipinski definition) is 9. The van der Waals surface area contributed by atoms with Crippen LogP contribution in [-0.4, -0.2) is 79.5 Å². The van der Waals surface area contributed by atoms with Crippen molar-refractivity contribution in [2.75, 3.05) is 50.3 Å². The fourth-order valence-electron chi connectivity index (χ4n) is 3.98. The number of nitrogens with zero attached hydrogens (tertiary/aromatic N) is 7. The monoisotopic (exact) mass is 461 g/mol. The number of aromatic nitrogens is 5. The summed E-state index contributed by atoms with van der Waals surface area (Å²) in [6.07, 6.45) is 2.29.